The third kappa shape index (κ3) is 5.64. The predicted molar refractivity (Wildman–Crippen MR) is 122 cm³/mol. The zero-order valence-electron chi connectivity index (χ0n) is 18.5. The Kier molecular flexibility index (Phi) is 6.74. The van der Waals surface area contributed by atoms with E-state index in [2.05, 4.69) is 9.72 Å². The summed E-state index contributed by atoms with van der Waals surface area (Å²) in [4.78, 5) is 16.3. The number of carboxylic acids is 1. The molecule has 0 bridgehead atoms. The summed E-state index contributed by atoms with van der Waals surface area (Å²) in [5.74, 6) is 0.0487. The Hall–Kier alpha value is -3.20. The van der Waals surface area contributed by atoms with Gasteiger partial charge in [0.05, 0.1) is 6.42 Å². The van der Waals surface area contributed by atoms with E-state index < -0.39 is 12.3 Å². The Morgan fingerprint density at radius 2 is 1.91 bits per heavy atom. The van der Waals surface area contributed by atoms with Gasteiger partial charge in [-0.1, -0.05) is 18.2 Å². The standard InChI is InChI=1S/C25H22F3NO4S/c1-14-6-19(33-25(26,27)28)7-15(2)24(14)17-5-3-4-16(8-17)12-32-22-10-21-20(11-29-22)18(13-34-21)9-23(30)31/h3-8,10-11,18H,9,12-13H2,1-2H3,(H,30,31)/t18-/m1/s1. The van der Waals surface area contributed by atoms with E-state index in [-0.39, 0.29) is 24.7 Å². The molecule has 3 aromatic rings. The van der Waals surface area contributed by atoms with Crippen molar-refractivity contribution in [2.24, 2.45) is 0 Å². The van der Waals surface area contributed by atoms with Crippen molar-refractivity contribution in [3.63, 3.8) is 0 Å². The van der Waals surface area contributed by atoms with Crippen LogP contribution in [0.4, 0.5) is 13.2 Å². The van der Waals surface area contributed by atoms with Crippen LogP contribution in [-0.4, -0.2) is 28.2 Å². The molecule has 0 saturated heterocycles. The highest BCUT2D eigenvalue weighted by Crippen LogP contribution is 2.42. The van der Waals surface area contributed by atoms with E-state index in [0.29, 0.717) is 22.8 Å². The Morgan fingerprint density at radius 1 is 1.18 bits per heavy atom. The van der Waals surface area contributed by atoms with E-state index in [4.69, 9.17) is 9.84 Å². The SMILES string of the molecule is Cc1cc(OC(F)(F)F)cc(C)c1-c1cccc(COc2cc3c(cn2)[C@H](CC(=O)O)CS3)c1. The molecule has 9 heteroatoms. The van der Waals surface area contributed by atoms with Gasteiger partial charge in [-0.25, -0.2) is 4.98 Å². The minimum atomic E-state index is -4.74. The third-order valence-corrected chi connectivity index (χ3v) is 6.75. The number of hydrogen-bond acceptors (Lipinski definition) is 5. The number of pyridine rings is 1. The van der Waals surface area contributed by atoms with Crippen molar-refractivity contribution in [2.75, 3.05) is 5.75 Å². The van der Waals surface area contributed by atoms with E-state index in [1.165, 1.54) is 12.1 Å². The van der Waals surface area contributed by atoms with Gasteiger partial charge in [0.15, 0.2) is 0 Å². The van der Waals surface area contributed by atoms with Crippen molar-refractivity contribution in [3.8, 4) is 22.8 Å². The molecule has 1 aromatic heterocycles. The van der Waals surface area contributed by atoms with E-state index in [0.717, 1.165) is 27.1 Å². The Morgan fingerprint density at radius 3 is 2.59 bits per heavy atom. The predicted octanol–water partition coefficient (Wildman–Crippen LogP) is 6.51. The van der Waals surface area contributed by atoms with Crippen molar-refractivity contribution >= 4 is 17.7 Å². The summed E-state index contributed by atoms with van der Waals surface area (Å²) < 4.78 is 47.7. The Balaban J connectivity index is 1.49. The van der Waals surface area contributed by atoms with Gasteiger partial charge >= 0.3 is 12.3 Å². The zero-order valence-corrected chi connectivity index (χ0v) is 19.3. The van der Waals surface area contributed by atoms with Crippen LogP contribution in [0.15, 0.2) is 53.6 Å². The van der Waals surface area contributed by atoms with Gasteiger partial charge in [0.2, 0.25) is 5.88 Å². The number of alkyl halides is 3. The van der Waals surface area contributed by atoms with Crippen LogP contribution in [0.2, 0.25) is 0 Å². The van der Waals surface area contributed by atoms with Crippen molar-refractivity contribution in [1.82, 2.24) is 4.98 Å². The number of benzene rings is 2. The molecule has 0 fully saturated rings. The third-order valence-electron chi connectivity index (χ3n) is 5.51. The molecule has 34 heavy (non-hydrogen) atoms. The molecule has 0 unspecified atom stereocenters. The monoisotopic (exact) mass is 489 g/mol. The van der Waals surface area contributed by atoms with E-state index in [1.54, 1.807) is 31.8 Å². The minimum absolute atomic E-state index is 0.0462. The van der Waals surface area contributed by atoms with Gasteiger partial charge in [0.25, 0.3) is 0 Å². The lowest BCUT2D eigenvalue weighted by Crippen LogP contribution is -2.17. The summed E-state index contributed by atoms with van der Waals surface area (Å²) >= 11 is 1.60. The fraction of sp³-hybridized carbons (Fsp3) is 0.280. The molecule has 1 N–H and O–H groups in total. The summed E-state index contributed by atoms with van der Waals surface area (Å²) in [5, 5.41) is 9.06. The normalized spacial score (nSPS) is 15.1. The number of aromatic nitrogens is 1. The zero-order chi connectivity index (χ0) is 24.5. The second-order valence-corrected chi connectivity index (χ2v) is 9.20. The molecular weight excluding hydrogens is 467 g/mol. The molecule has 1 atom stereocenters. The fourth-order valence-corrected chi connectivity index (χ4v) is 5.39. The topological polar surface area (TPSA) is 68.7 Å². The first-order valence-electron chi connectivity index (χ1n) is 10.5. The molecule has 2 heterocycles. The quantitative estimate of drug-likeness (QED) is 0.408. The van der Waals surface area contributed by atoms with Gasteiger partial charge in [-0.15, -0.1) is 24.9 Å². The molecule has 1 aliphatic rings. The molecule has 0 saturated carbocycles. The molecule has 5 nitrogen and oxygen atoms in total. The number of fused-ring (bicyclic) bond motifs is 1. The van der Waals surface area contributed by atoms with Crippen LogP contribution >= 0.6 is 11.8 Å². The van der Waals surface area contributed by atoms with Crippen molar-refractivity contribution < 1.29 is 32.5 Å². The van der Waals surface area contributed by atoms with Crippen LogP contribution < -0.4 is 9.47 Å². The number of hydrogen-bond donors (Lipinski definition) is 1. The molecule has 0 radical (unpaired) electrons. The first kappa shape index (κ1) is 23.9. The highest BCUT2D eigenvalue weighted by Gasteiger charge is 2.31. The average molecular weight is 490 g/mol. The first-order valence-corrected chi connectivity index (χ1v) is 11.5. The fourth-order valence-electron chi connectivity index (χ4n) is 4.15. The highest BCUT2D eigenvalue weighted by atomic mass is 32.2. The molecule has 178 valence electrons. The van der Waals surface area contributed by atoms with Crippen LogP contribution in [0, 0.1) is 13.8 Å². The number of thioether (sulfide) groups is 1. The van der Waals surface area contributed by atoms with E-state index in [9.17, 15) is 18.0 Å². The second-order valence-electron chi connectivity index (χ2n) is 8.14. The minimum Gasteiger partial charge on any atom is -0.481 e. The van der Waals surface area contributed by atoms with E-state index in [1.807, 2.05) is 30.3 Å². The van der Waals surface area contributed by atoms with Crippen LogP contribution in [0.3, 0.4) is 0 Å². The number of rotatable bonds is 7. The van der Waals surface area contributed by atoms with Crippen molar-refractivity contribution in [3.05, 3.63) is 70.9 Å². The second kappa shape index (κ2) is 9.58. The summed E-state index contributed by atoms with van der Waals surface area (Å²) in [6.07, 6.45) is -2.97. The average Bonchev–Trinajstić information content (AvgIpc) is 3.12. The van der Waals surface area contributed by atoms with Crippen LogP contribution in [0.5, 0.6) is 11.6 Å². The van der Waals surface area contributed by atoms with Gasteiger partial charge in [-0.05, 0) is 65.4 Å². The molecule has 0 aliphatic carbocycles. The number of carboxylic acid groups (broad SMARTS) is 1. The van der Waals surface area contributed by atoms with Gasteiger partial charge in [-0.3, -0.25) is 4.79 Å². The van der Waals surface area contributed by atoms with E-state index >= 15 is 0 Å². The summed E-state index contributed by atoms with van der Waals surface area (Å²) in [6, 6.07) is 12.2. The Bertz CT molecular complexity index is 1210. The summed E-state index contributed by atoms with van der Waals surface area (Å²) in [6.45, 7) is 3.76. The van der Waals surface area contributed by atoms with Crippen molar-refractivity contribution in [2.45, 2.75) is 44.1 Å². The molecule has 0 amide bonds. The lowest BCUT2D eigenvalue weighted by Gasteiger charge is -2.15. The molecule has 4 rings (SSSR count). The molecule has 2 aromatic carbocycles. The largest absolute Gasteiger partial charge is 0.573 e. The number of aliphatic carboxylic acids is 1. The van der Waals surface area contributed by atoms with Gasteiger partial charge in [0, 0.05) is 28.8 Å². The lowest BCUT2D eigenvalue weighted by molar-refractivity contribution is -0.274. The lowest BCUT2D eigenvalue weighted by atomic mass is 9.94. The smallest absolute Gasteiger partial charge is 0.481 e. The van der Waals surface area contributed by atoms with Crippen LogP contribution in [0.25, 0.3) is 11.1 Å². The number of halogens is 3. The van der Waals surface area contributed by atoms with Crippen LogP contribution in [-0.2, 0) is 11.4 Å². The maximum atomic E-state index is 12.6. The van der Waals surface area contributed by atoms with Gasteiger partial charge in [-0.2, -0.15) is 0 Å². The molecular formula is C25H22F3NO4S. The summed E-state index contributed by atoms with van der Waals surface area (Å²) in [5.41, 5.74) is 4.86. The summed E-state index contributed by atoms with van der Waals surface area (Å²) in [7, 11) is 0. The van der Waals surface area contributed by atoms with Gasteiger partial charge < -0.3 is 14.6 Å². The number of carbonyl (C=O) groups is 1. The van der Waals surface area contributed by atoms with Crippen LogP contribution in [0.1, 0.15) is 34.6 Å². The molecule has 1 aliphatic heterocycles. The van der Waals surface area contributed by atoms with Crippen molar-refractivity contribution in [1.29, 1.82) is 0 Å². The maximum absolute atomic E-state index is 12.6. The highest BCUT2D eigenvalue weighted by molar-refractivity contribution is 7.99. The molecule has 0 spiro atoms. The Labute approximate surface area is 198 Å². The first-order chi connectivity index (χ1) is 16.1. The number of nitrogens with zero attached hydrogens (tertiary/aromatic N) is 1. The maximum Gasteiger partial charge on any atom is 0.573 e. The number of aryl methyl sites for hydroxylation is 2. The number of ether oxygens (including phenoxy) is 2. The van der Waals surface area contributed by atoms with Gasteiger partial charge in [0.1, 0.15) is 12.4 Å².